The first-order valence-electron chi connectivity index (χ1n) is 8.02. The molecular formula is C15H17N7O3S. The van der Waals surface area contributed by atoms with E-state index < -0.39 is 10.0 Å². The Hall–Kier alpha value is -2.79. The Kier molecular flexibility index (Phi) is 4.17. The van der Waals surface area contributed by atoms with E-state index in [9.17, 15) is 8.42 Å². The van der Waals surface area contributed by atoms with E-state index in [0.717, 1.165) is 23.7 Å². The fraction of sp³-hybridized carbons (Fsp3) is 0.333. The van der Waals surface area contributed by atoms with Crippen LogP contribution in [0.25, 0.3) is 5.82 Å². The third-order valence-electron chi connectivity index (χ3n) is 4.32. The average molecular weight is 375 g/mol. The molecule has 0 aromatic carbocycles. The van der Waals surface area contributed by atoms with Gasteiger partial charge >= 0.3 is 0 Å². The van der Waals surface area contributed by atoms with Crippen LogP contribution in [0.2, 0.25) is 0 Å². The van der Waals surface area contributed by atoms with Crippen LogP contribution in [0, 0.1) is 6.92 Å². The summed E-state index contributed by atoms with van der Waals surface area (Å²) in [4.78, 5) is 14.9. The molecule has 0 saturated carbocycles. The lowest BCUT2D eigenvalue weighted by molar-refractivity contribution is 0.382. The molecule has 1 aliphatic rings. The molecule has 4 heterocycles. The van der Waals surface area contributed by atoms with Crippen molar-refractivity contribution < 1.29 is 12.9 Å². The monoisotopic (exact) mass is 375 g/mol. The van der Waals surface area contributed by atoms with Gasteiger partial charge in [-0.15, -0.1) is 0 Å². The Morgan fingerprint density at radius 1 is 1.08 bits per heavy atom. The summed E-state index contributed by atoms with van der Waals surface area (Å²) < 4.78 is 33.0. The third kappa shape index (κ3) is 2.95. The minimum Gasteiger partial charge on any atom is -0.363 e. The molecule has 3 aromatic rings. The Bertz CT molecular complexity index is 992. The SMILES string of the molecule is Cc1nccn1-c1cc(N2CCN(S(=O)(=O)c3cnoc3)CC2)ncn1. The van der Waals surface area contributed by atoms with E-state index in [4.69, 9.17) is 0 Å². The van der Waals surface area contributed by atoms with E-state index in [2.05, 4.69) is 24.6 Å². The van der Waals surface area contributed by atoms with Gasteiger partial charge in [-0.1, -0.05) is 5.16 Å². The second-order valence-corrected chi connectivity index (χ2v) is 7.77. The van der Waals surface area contributed by atoms with E-state index >= 15 is 0 Å². The lowest BCUT2D eigenvalue weighted by atomic mass is 10.3. The standard InChI is InChI=1S/C15H17N7O3S/c1-12-16-2-3-22(12)15-8-14(17-11-18-15)20-4-6-21(7-5-20)26(23,24)13-9-19-25-10-13/h2-3,8-11H,4-7H2,1H3. The molecule has 1 aliphatic heterocycles. The molecule has 1 fully saturated rings. The maximum absolute atomic E-state index is 12.5. The van der Waals surface area contributed by atoms with Crippen molar-refractivity contribution in [3.05, 3.63) is 43.1 Å². The van der Waals surface area contributed by atoms with Crippen LogP contribution < -0.4 is 4.90 Å². The summed E-state index contributed by atoms with van der Waals surface area (Å²) in [5.41, 5.74) is 0. The summed E-state index contributed by atoms with van der Waals surface area (Å²) >= 11 is 0. The van der Waals surface area contributed by atoms with Crippen LogP contribution in [-0.2, 0) is 10.0 Å². The normalized spacial score (nSPS) is 16.1. The van der Waals surface area contributed by atoms with E-state index in [1.54, 1.807) is 6.20 Å². The van der Waals surface area contributed by atoms with Crippen molar-refractivity contribution in [2.24, 2.45) is 0 Å². The minimum atomic E-state index is -3.57. The maximum Gasteiger partial charge on any atom is 0.248 e. The molecule has 0 amide bonds. The molecular weight excluding hydrogens is 358 g/mol. The molecule has 11 heteroatoms. The summed E-state index contributed by atoms with van der Waals surface area (Å²) in [7, 11) is -3.57. The topological polar surface area (TPSA) is 110 Å². The highest BCUT2D eigenvalue weighted by molar-refractivity contribution is 7.89. The van der Waals surface area contributed by atoms with Crippen molar-refractivity contribution in [1.82, 2.24) is 29.0 Å². The quantitative estimate of drug-likeness (QED) is 0.647. The second-order valence-electron chi connectivity index (χ2n) is 5.83. The lowest BCUT2D eigenvalue weighted by Gasteiger charge is -2.34. The molecule has 136 valence electrons. The predicted molar refractivity (Wildman–Crippen MR) is 91.4 cm³/mol. The van der Waals surface area contributed by atoms with Gasteiger partial charge in [0.05, 0.1) is 6.20 Å². The van der Waals surface area contributed by atoms with Crippen molar-refractivity contribution in [3.63, 3.8) is 0 Å². The number of piperazine rings is 1. The Labute approximate surface area is 150 Å². The van der Waals surface area contributed by atoms with Gasteiger partial charge in [0.2, 0.25) is 10.0 Å². The van der Waals surface area contributed by atoms with Gasteiger partial charge in [0.25, 0.3) is 0 Å². The van der Waals surface area contributed by atoms with E-state index in [1.807, 2.05) is 28.7 Å². The molecule has 0 N–H and O–H groups in total. The summed E-state index contributed by atoms with van der Waals surface area (Å²) in [6.45, 7) is 3.68. The van der Waals surface area contributed by atoms with Crippen LogP contribution >= 0.6 is 0 Å². The fourth-order valence-electron chi connectivity index (χ4n) is 2.89. The smallest absolute Gasteiger partial charge is 0.248 e. The third-order valence-corrected chi connectivity index (χ3v) is 6.16. The Morgan fingerprint density at radius 2 is 1.85 bits per heavy atom. The first kappa shape index (κ1) is 16.7. The van der Waals surface area contributed by atoms with Crippen LogP contribution in [0.4, 0.5) is 5.82 Å². The highest BCUT2D eigenvalue weighted by Gasteiger charge is 2.30. The average Bonchev–Trinajstić information content (AvgIpc) is 3.34. The molecule has 4 rings (SSSR count). The Balaban J connectivity index is 1.50. The van der Waals surface area contributed by atoms with Crippen LogP contribution in [0.1, 0.15) is 5.82 Å². The number of aromatic nitrogens is 5. The zero-order valence-electron chi connectivity index (χ0n) is 14.1. The van der Waals surface area contributed by atoms with E-state index in [-0.39, 0.29) is 4.90 Å². The van der Waals surface area contributed by atoms with Gasteiger partial charge < -0.3 is 9.42 Å². The summed E-state index contributed by atoms with van der Waals surface area (Å²) in [6, 6.07) is 1.87. The van der Waals surface area contributed by atoms with Gasteiger partial charge in [0.15, 0.2) is 0 Å². The van der Waals surface area contributed by atoms with Gasteiger partial charge in [0.1, 0.15) is 34.9 Å². The van der Waals surface area contributed by atoms with Crippen molar-refractivity contribution >= 4 is 15.8 Å². The number of hydrogen-bond donors (Lipinski definition) is 0. The van der Waals surface area contributed by atoms with Gasteiger partial charge in [-0.05, 0) is 6.92 Å². The largest absolute Gasteiger partial charge is 0.363 e. The number of sulfonamides is 1. The number of aryl methyl sites for hydroxylation is 1. The zero-order chi connectivity index (χ0) is 18.1. The van der Waals surface area contributed by atoms with Crippen LogP contribution in [0.3, 0.4) is 0 Å². The zero-order valence-corrected chi connectivity index (χ0v) is 14.9. The van der Waals surface area contributed by atoms with E-state index in [0.29, 0.717) is 26.2 Å². The first-order valence-corrected chi connectivity index (χ1v) is 9.46. The molecule has 0 unspecified atom stereocenters. The number of imidazole rings is 1. The molecule has 1 saturated heterocycles. The van der Waals surface area contributed by atoms with Crippen molar-refractivity contribution in [2.45, 2.75) is 11.8 Å². The van der Waals surface area contributed by atoms with Gasteiger partial charge in [0, 0.05) is 44.6 Å². The van der Waals surface area contributed by atoms with Crippen molar-refractivity contribution in [1.29, 1.82) is 0 Å². The molecule has 10 nitrogen and oxygen atoms in total. The summed E-state index contributed by atoms with van der Waals surface area (Å²) in [6.07, 6.45) is 7.42. The summed E-state index contributed by atoms with van der Waals surface area (Å²) in [5.74, 6) is 2.31. The fourth-order valence-corrected chi connectivity index (χ4v) is 4.17. The van der Waals surface area contributed by atoms with Gasteiger partial charge in [-0.2, -0.15) is 4.31 Å². The molecule has 0 aliphatic carbocycles. The van der Waals surface area contributed by atoms with Crippen molar-refractivity contribution in [2.75, 3.05) is 31.1 Å². The molecule has 0 radical (unpaired) electrons. The van der Waals surface area contributed by atoms with Gasteiger partial charge in [-0.3, -0.25) is 4.57 Å². The van der Waals surface area contributed by atoms with Crippen LogP contribution in [0.5, 0.6) is 0 Å². The molecule has 0 bridgehead atoms. The van der Waals surface area contributed by atoms with Crippen LogP contribution in [0.15, 0.2) is 46.7 Å². The molecule has 26 heavy (non-hydrogen) atoms. The number of rotatable bonds is 4. The maximum atomic E-state index is 12.5. The lowest BCUT2D eigenvalue weighted by Crippen LogP contribution is -2.48. The Morgan fingerprint density at radius 3 is 2.50 bits per heavy atom. The van der Waals surface area contributed by atoms with Crippen molar-refractivity contribution in [3.8, 4) is 5.82 Å². The highest BCUT2D eigenvalue weighted by atomic mass is 32.2. The molecule has 0 spiro atoms. The number of anilines is 1. The van der Waals surface area contributed by atoms with Gasteiger partial charge in [-0.25, -0.2) is 23.4 Å². The highest BCUT2D eigenvalue weighted by Crippen LogP contribution is 2.20. The number of hydrogen-bond acceptors (Lipinski definition) is 8. The number of nitrogens with zero attached hydrogens (tertiary/aromatic N) is 7. The molecule has 3 aromatic heterocycles. The van der Waals surface area contributed by atoms with E-state index in [1.165, 1.54) is 16.8 Å². The summed E-state index contributed by atoms with van der Waals surface area (Å²) in [5, 5.41) is 3.47. The minimum absolute atomic E-state index is 0.0749. The second kappa shape index (κ2) is 6.50. The van der Waals surface area contributed by atoms with Crippen LogP contribution in [-0.4, -0.2) is 63.6 Å². The predicted octanol–water partition coefficient (Wildman–Crippen LogP) is 0.470. The molecule has 0 atom stereocenters. The first-order chi connectivity index (χ1) is 12.6.